The van der Waals surface area contributed by atoms with E-state index in [0.717, 1.165) is 38.6 Å². The van der Waals surface area contributed by atoms with Crippen molar-refractivity contribution in [3.63, 3.8) is 0 Å². The van der Waals surface area contributed by atoms with Gasteiger partial charge in [0, 0.05) is 32.2 Å². The first kappa shape index (κ1) is 22.7. The van der Waals surface area contributed by atoms with Crippen LogP contribution in [0.2, 0.25) is 0 Å². The summed E-state index contributed by atoms with van der Waals surface area (Å²) in [5, 5.41) is 9.11. The highest BCUT2D eigenvalue weighted by Crippen LogP contribution is 2.14. The Morgan fingerprint density at radius 3 is 2.62 bits per heavy atom. The van der Waals surface area contributed by atoms with Crippen LogP contribution in [0.15, 0.2) is 27.8 Å². The van der Waals surface area contributed by atoms with Crippen LogP contribution in [0.1, 0.15) is 19.6 Å². The summed E-state index contributed by atoms with van der Waals surface area (Å²) in [5.41, 5.74) is -0.0249. The summed E-state index contributed by atoms with van der Waals surface area (Å²) in [6, 6.07) is 3.61. The summed E-state index contributed by atoms with van der Waals surface area (Å²) in [4.78, 5) is 18.5. The van der Waals surface area contributed by atoms with Crippen LogP contribution < -0.4 is 16.0 Å². The van der Waals surface area contributed by atoms with Crippen molar-refractivity contribution in [1.29, 1.82) is 0 Å². The Morgan fingerprint density at radius 1 is 1.27 bits per heavy atom. The lowest BCUT2D eigenvalue weighted by atomic mass is 10.0. The van der Waals surface area contributed by atoms with E-state index in [4.69, 9.17) is 9.15 Å². The number of carbonyl (C=O) groups is 1. The van der Waals surface area contributed by atoms with E-state index in [1.165, 1.54) is 0 Å². The largest absolute Gasteiger partial charge is 0.467 e. The maximum Gasteiger partial charge on any atom is 0.239 e. The summed E-state index contributed by atoms with van der Waals surface area (Å²) >= 11 is 0. The van der Waals surface area contributed by atoms with Crippen molar-refractivity contribution in [3.05, 3.63) is 24.2 Å². The van der Waals surface area contributed by atoms with Crippen molar-refractivity contribution in [2.75, 3.05) is 46.4 Å². The summed E-state index contributed by atoms with van der Waals surface area (Å²) in [7, 11) is 1.69. The maximum atomic E-state index is 11.9. The molecule has 0 atom stereocenters. The summed E-state index contributed by atoms with van der Waals surface area (Å²) < 4.78 is 10.6. The third-order valence-corrected chi connectivity index (χ3v) is 4.24. The molecule has 0 saturated carbocycles. The number of hydrogen-bond donors (Lipinski definition) is 3. The molecule has 1 saturated heterocycles. The first-order valence-electron chi connectivity index (χ1n) is 8.57. The second-order valence-corrected chi connectivity index (χ2v) is 6.55. The highest BCUT2D eigenvalue weighted by atomic mass is 127. The van der Waals surface area contributed by atoms with E-state index >= 15 is 0 Å². The number of carbonyl (C=O) groups excluding carboxylic acids is 1. The SMILES string of the molecule is CN=C(NCC(=O)NCc1ccco1)NCC(C)(C)N1CCOCC1.I. The second kappa shape index (κ2) is 11.4. The number of rotatable bonds is 7. The first-order valence-corrected chi connectivity index (χ1v) is 8.57. The molecule has 3 N–H and O–H groups in total. The van der Waals surface area contributed by atoms with Crippen molar-refractivity contribution in [2.24, 2.45) is 4.99 Å². The Balaban J connectivity index is 0.00000338. The van der Waals surface area contributed by atoms with E-state index in [2.05, 4.69) is 39.7 Å². The van der Waals surface area contributed by atoms with Crippen LogP contribution in [-0.4, -0.2) is 68.7 Å². The smallest absolute Gasteiger partial charge is 0.239 e. The van der Waals surface area contributed by atoms with E-state index in [1.807, 2.05) is 6.07 Å². The molecule has 8 nitrogen and oxygen atoms in total. The van der Waals surface area contributed by atoms with Crippen molar-refractivity contribution < 1.29 is 13.9 Å². The fourth-order valence-corrected chi connectivity index (χ4v) is 2.63. The number of halogens is 1. The number of furan rings is 1. The minimum Gasteiger partial charge on any atom is -0.467 e. The molecule has 0 spiro atoms. The number of guanidine groups is 1. The Hall–Kier alpha value is -1.33. The van der Waals surface area contributed by atoms with Gasteiger partial charge >= 0.3 is 0 Å². The van der Waals surface area contributed by atoms with Gasteiger partial charge in [0.15, 0.2) is 5.96 Å². The van der Waals surface area contributed by atoms with Crippen LogP contribution in [0.5, 0.6) is 0 Å². The van der Waals surface area contributed by atoms with Gasteiger partial charge in [0.1, 0.15) is 5.76 Å². The number of nitrogens with zero attached hydrogens (tertiary/aromatic N) is 2. The Kier molecular flexibility index (Phi) is 9.96. The lowest BCUT2D eigenvalue weighted by Crippen LogP contribution is -2.56. The van der Waals surface area contributed by atoms with Crippen molar-refractivity contribution in [1.82, 2.24) is 20.9 Å². The fraction of sp³-hybridized carbons (Fsp3) is 0.647. The molecule has 2 rings (SSSR count). The molecule has 0 bridgehead atoms. The number of ether oxygens (including phenoxy) is 1. The van der Waals surface area contributed by atoms with Gasteiger partial charge in [0.05, 0.1) is 32.6 Å². The Morgan fingerprint density at radius 2 is 2.00 bits per heavy atom. The summed E-state index contributed by atoms with van der Waals surface area (Å²) in [5.74, 6) is 1.21. The number of nitrogens with one attached hydrogen (secondary N) is 3. The monoisotopic (exact) mass is 479 g/mol. The summed E-state index contributed by atoms with van der Waals surface area (Å²) in [6.07, 6.45) is 1.59. The predicted octanol–water partition coefficient (Wildman–Crippen LogP) is 0.790. The average molecular weight is 479 g/mol. The van der Waals surface area contributed by atoms with Gasteiger partial charge in [-0.1, -0.05) is 0 Å². The molecule has 1 aromatic rings. The van der Waals surface area contributed by atoms with Crippen LogP contribution in [0.3, 0.4) is 0 Å². The molecule has 148 valence electrons. The number of amides is 1. The molecule has 26 heavy (non-hydrogen) atoms. The second-order valence-electron chi connectivity index (χ2n) is 6.55. The van der Waals surface area contributed by atoms with Crippen molar-refractivity contribution >= 4 is 35.8 Å². The molecule has 1 aliphatic heterocycles. The Bertz CT molecular complexity index is 557. The van der Waals surface area contributed by atoms with Gasteiger partial charge in [-0.3, -0.25) is 14.7 Å². The highest BCUT2D eigenvalue weighted by Gasteiger charge is 2.28. The van der Waals surface area contributed by atoms with E-state index in [9.17, 15) is 4.79 Å². The number of hydrogen-bond acceptors (Lipinski definition) is 5. The zero-order valence-corrected chi connectivity index (χ0v) is 18.0. The first-order chi connectivity index (χ1) is 12.0. The molecule has 2 heterocycles. The molecule has 9 heteroatoms. The topological polar surface area (TPSA) is 91.1 Å². The number of morpholine rings is 1. The van der Waals surface area contributed by atoms with Gasteiger partial charge in [-0.25, -0.2) is 0 Å². The molecular formula is C17H30IN5O3. The molecule has 1 fully saturated rings. The van der Waals surface area contributed by atoms with E-state index in [-0.39, 0.29) is 42.0 Å². The zero-order valence-electron chi connectivity index (χ0n) is 15.7. The van der Waals surface area contributed by atoms with Gasteiger partial charge in [-0.05, 0) is 26.0 Å². The Labute approximate surface area is 172 Å². The van der Waals surface area contributed by atoms with Crippen molar-refractivity contribution in [3.8, 4) is 0 Å². The van der Waals surface area contributed by atoms with E-state index < -0.39 is 0 Å². The zero-order chi connectivity index (χ0) is 18.1. The third-order valence-electron chi connectivity index (χ3n) is 4.24. The fourth-order valence-electron chi connectivity index (χ4n) is 2.63. The molecule has 0 radical (unpaired) electrons. The van der Waals surface area contributed by atoms with Crippen LogP contribution in [-0.2, 0) is 16.1 Å². The van der Waals surface area contributed by atoms with E-state index in [0.29, 0.717) is 12.5 Å². The molecule has 0 unspecified atom stereocenters. The van der Waals surface area contributed by atoms with Gasteiger partial charge in [0.25, 0.3) is 0 Å². The molecular weight excluding hydrogens is 449 g/mol. The normalized spacial score (nSPS) is 15.9. The lowest BCUT2D eigenvalue weighted by Gasteiger charge is -2.41. The van der Waals surface area contributed by atoms with Gasteiger partial charge in [-0.2, -0.15) is 0 Å². The molecule has 1 aromatic heterocycles. The van der Waals surface area contributed by atoms with Gasteiger partial charge < -0.3 is 25.1 Å². The minimum absolute atomic E-state index is 0. The quantitative estimate of drug-likeness (QED) is 0.305. The number of aliphatic imine (C=N–C) groups is 1. The minimum atomic E-state index is -0.119. The molecule has 0 aromatic carbocycles. The lowest BCUT2D eigenvalue weighted by molar-refractivity contribution is -0.120. The van der Waals surface area contributed by atoms with Crippen LogP contribution in [0.25, 0.3) is 0 Å². The van der Waals surface area contributed by atoms with Crippen LogP contribution >= 0.6 is 24.0 Å². The van der Waals surface area contributed by atoms with Crippen molar-refractivity contribution in [2.45, 2.75) is 25.9 Å². The molecule has 0 aliphatic carbocycles. The highest BCUT2D eigenvalue weighted by molar-refractivity contribution is 14.0. The van der Waals surface area contributed by atoms with Gasteiger partial charge in [-0.15, -0.1) is 24.0 Å². The van der Waals surface area contributed by atoms with Gasteiger partial charge in [0.2, 0.25) is 5.91 Å². The van der Waals surface area contributed by atoms with Crippen LogP contribution in [0, 0.1) is 0 Å². The molecule has 1 amide bonds. The maximum absolute atomic E-state index is 11.9. The molecule has 1 aliphatic rings. The third kappa shape index (κ3) is 7.50. The summed E-state index contributed by atoms with van der Waals surface area (Å²) in [6.45, 7) is 9.02. The average Bonchev–Trinajstić information content (AvgIpc) is 3.14. The van der Waals surface area contributed by atoms with Crippen LogP contribution in [0.4, 0.5) is 0 Å². The predicted molar refractivity (Wildman–Crippen MR) is 112 cm³/mol. The standard InChI is InChI=1S/C17H29N5O3.HI/c1-17(2,22-6-9-24-10-7-22)13-21-16(18-3)20-12-15(23)19-11-14-5-4-8-25-14;/h4-5,8H,6-7,9-13H2,1-3H3,(H,19,23)(H2,18,20,21);1H. The van der Waals surface area contributed by atoms with E-state index in [1.54, 1.807) is 19.4 Å².